The summed E-state index contributed by atoms with van der Waals surface area (Å²) in [5, 5.41) is 5.86. The predicted octanol–water partition coefficient (Wildman–Crippen LogP) is 4.84. The number of benzene rings is 2. The van der Waals surface area contributed by atoms with Crippen molar-refractivity contribution in [1.29, 1.82) is 0 Å². The van der Waals surface area contributed by atoms with Crippen LogP contribution in [-0.2, 0) is 7.05 Å². The van der Waals surface area contributed by atoms with Gasteiger partial charge < -0.3 is 19.4 Å². The van der Waals surface area contributed by atoms with E-state index in [0.717, 1.165) is 22.2 Å². The summed E-state index contributed by atoms with van der Waals surface area (Å²) in [5.74, 6) is 2.88. The minimum Gasteiger partial charge on any atom is -0.497 e. The minimum absolute atomic E-state index is 0.288. The zero-order valence-electron chi connectivity index (χ0n) is 16.4. The van der Waals surface area contributed by atoms with E-state index in [4.69, 9.17) is 21.1 Å². The summed E-state index contributed by atoms with van der Waals surface area (Å²) in [6, 6.07) is 15.3. The van der Waals surface area contributed by atoms with E-state index >= 15 is 0 Å². The van der Waals surface area contributed by atoms with E-state index in [1.807, 2.05) is 66.3 Å². The van der Waals surface area contributed by atoms with E-state index in [2.05, 4.69) is 15.3 Å². The van der Waals surface area contributed by atoms with Crippen LogP contribution in [0.2, 0.25) is 5.15 Å². The molecule has 0 aliphatic carbocycles. The van der Waals surface area contributed by atoms with Gasteiger partial charge in [-0.05, 0) is 29.1 Å². The highest BCUT2D eigenvalue weighted by molar-refractivity contribution is 6.34. The molecule has 7 heteroatoms. The Balaban J connectivity index is 1.82. The summed E-state index contributed by atoms with van der Waals surface area (Å²) in [6.07, 6.45) is 3.67. The SMILES string of the molecule is COc1cc(OC)cc(C(Nc2cc3ccccc3c(Cl)n2)c2nccn2C)c1. The van der Waals surface area contributed by atoms with Gasteiger partial charge in [0.05, 0.1) is 14.2 Å². The molecule has 0 bridgehead atoms. The van der Waals surface area contributed by atoms with Gasteiger partial charge in [-0.3, -0.25) is 0 Å². The number of nitrogens with one attached hydrogen (secondary N) is 1. The van der Waals surface area contributed by atoms with Crippen molar-refractivity contribution in [2.75, 3.05) is 19.5 Å². The number of rotatable bonds is 6. The average molecular weight is 409 g/mol. The Kier molecular flexibility index (Phi) is 5.27. The van der Waals surface area contributed by atoms with Crippen LogP contribution in [0.3, 0.4) is 0 Å². The van der Waals surface area contributed by atoms with Crippen LogP contribution in [-0.4, -0.2) is 28.8 Å². The molecule has 4 aromatic rings. The lowest BCUT2D eigenvalue weighted by Crippen LogP contribution is -2.17. The van der Waals surface area contributed by atoms with E-state index in [-0.39, 0.29) is 6.04 Å². The van der Waals surface area contributed by atoms with E-state index < -0.39 is 0 Å². The van der Waals surface area contributed by atoms with E-state index in [9.17, 15) is 0 Å². The van der Waals surface area contributed by atoms with Crippen molar-refractivity contribution in [3.63, 3.8) is 0 Å². The van der Waals surface area contributed by atoms with Crippen LogP contribution in [0.1, 0.15) is 17.4 Å². The van der Waals surface area contributed by atoms with Crippen LogP contribution < -0.4 is 14.8 Å². The fourth-order valence-electron chi connectivity index (χ4n) is 3.33. The summed E-state index contributed by atoms with van der Waals surface area (Å²) in [7, 11) is 5.22. The first-order chi connectivity index (χ1) is 14.1. The number of aryl methyl sites for hydroxylation is 1. The van der Waals surface area contributed by atoms with Crippen molar-refractivity contribution < 1.29 is 9.47 Å². The molecule has 2 aromatic carbocycles. The highest BCUT2D eigenvalue weighted by Crippen LogP contribution is 2.33. The second kappa shape index (κ2) is 8.01. The molecule has 2 heterocycles. The summed E-state index contributed by atoms with van der Waals surface area (Å²) < 4.78 is 12.9. The second-order valence-electron chi connectivity index (χ2n) is 6.64. The van der Waals surface area contributed by atoms with Crippen molar-refractivity contribution in [3.05, 3.63) is 77.5 Å². The highest BCUT2D eigenvalue weighted by atomic mass is 35.5. The molecule has 1 atom stereocenters. The van der Waals surface area contributed by atoms with Gasteiger partial charge in [0.1, 0.15) is 34.3 Å². The molecule has 148 valence electrons. The van der Waals surface area contributed by atoms with Crippen LogP contribution in [0.15, 0.2) is 60.9 Å². The lowest BCUT2D eigenvalue weighted by Gasteiger charge is -2.21. The number of anilines is 1. The summed E-state index contributed by atoms with van der Waals surface area (Å²) in [5.41, 5.74) is 0.932. The molecule has 1 unspecified atom stereocenters. The molecule has 6 nitrogen and oxygen atoms in total. The van der Waals surface area contributed by atoms with Gasteiger partial charge in [-0.25, -0.2) is 9.97 Å². The van der Waals surface area contributed by atoms with Crippen LogP contribution in [0, 0.1) is 0 Å². The van der Waals surface area contributed by atoms with Gasteiger partial charge in [0, 0.05) is 30.9 Å². The number of fused-ring (bicyclic) bond motifs is 1. The molecule has 29 heavy (non-hydrogen) atoms. The molecule has 0 aliphatic rings. The molecule has 2 aromatic heterocycles. The number of hydrogen-bond acceptors (Lipinski definition) is 5. The normalized spacial score (nSPS) is 12.0. The van der Waals surface area contributed by atoms with E-state index in [0.29, 0.717) is 22.5 Å². The van der Waals surface area contributed by atoms with E-state index in [1.165, 1.54) is 0 Å². The first-order valence-electron chi connectivity index (χ1n) is 9.11. The number of nitrogens with zero attached hydrogens (tertiary/aromatic N) is 3. The molecule has 0 saturated carbocycles. The predicted molar refractivity (Wildman–Crippen MR) is 115 cm³/mol. The summed E-state index contributed by atoms with van der Waals surface area (Å²) in [6.45, 7) is 0. The number of hydrogen-bond donors (Lipinski definition) is 1. The van der Waals surface area contributed by atoms with Gasteiger partial charge in [0.2, 0.25) is 0 Å². The van der Waals surface area contributed by atoms with Gasteiger partial charge in [-0.2, -0.15) is 0 Å². The maximum absolute atomic E-state index is 6.43. The number of ether oxygens (including phenoxy) is 2. The molecule has 0 radical (unpaired) electrons. The van der Waals surface area contributed by atoms with Crippen molar-refractivity contribution in [1.82, 2.24) is 14.5 Å². The first-order valence-corrected chi connectivity index (χ1v) is 9.49. The Labute approximate surface area is 174 Å². The molecule has 0 aliphatic heterocycles. The maximum Gasteiger partial charge on any atom is 0.139 e. The number of halogens is 1. The van der Waals surface area contributed by atoms with E-state index in [1.54, 1.807) is 20.4 Å². The van der Waals surface area contributed by atoms with Crippen LogP contribution in [0.4, 0.5) is 5.82 Å². The van der Waals surface area contributed by atoms with Crippen LogP contribution in [0.25, 0.3) is 10.8 Å². The van der Waals surface area contributed by atoms with Crippen molar-refractivity contribution in [3.8, 4) is 11.5 Å². The van der Waals surface area contributed by atoms with Gasteiger partial charge >= 0.3 is 0 Å². The van der Waals surface area contributed by atoms with Crippen molar-refractivity contribution >= 4 is 28.2 Å². The third kappa shape index (κ3) is 3.84. The zero-order chi connectivity index (χ0) is 20.4. The number of methoxy groups -OCH3 is 2. The third-order valence-electron chi connectivity index (χ3n) is 4.81. The largest absolute Gasteiger partial charge is 0.497 e. The molecule has 0 fully saturated rings. The molecule has 0 amide bonds. The minimum atomic E-state index is -0.288. The number of pyridine rings is 1. The Morgan fingerprint density at radius 2 is 1.76 bits per heavy atom. The van der Waals surface area contributed by atoms with Gasteiger partial charge in [0.15, 0.2) is 0 Å². The topological polar surface area (TPSA) is 61.2 Å². The fourth-order valence-corrected chi connectivity index (χ4v) is 3.59. The number of imidazole rings is 1. The lowest BCUT2D eigenvalue weighted by atomic mass is 10.0. The van der Waals surface area contributed by atoms with Gasteiger partial charge in [0.25, 0.3) is 0 Å². The third-order valence-corrected chi connectivity index (χ3v) is 5.10. The van der Waals surface area contributed by atoms with Crippen molar-refractivity contribution in [2.24, 2.45) is 7.05 Å². The Hall–Kier alpha value is -3.25. The average Bonchev–Trinajstić information content (AvgIpc) is 3.17. The van der Waals surface area contributed by atoms with Crippen LogP contribution in [0.5, 0.6) is 11.5 Å². The highest BCUT2D eigenvalue weighted by Gasteiger charge is 2.21. The van der Waals surface area contributed by atoms with Crippen LogP contribution >= 0.6 is 11.6 Å². The monoisotopic (exact) mass is 408 g/mol. The smallest absolute Gasteiger partial charge is 0.139 e. The Morgan fingerprint density at radius 3 is 2.41 bits per heavy atom. The molecule has 1 N–H and O–H groups in total. The maximum atomic E-state index is 6.43. The quantitative estimate of drug-likeness (QED) is 0.462. The first kappa shape index (κ1) is 19.1. The van der Waals surface area contributed by atoms with Gasteiger partial charge in [-0.15, -0.1) is 0 Å². The Bertz CT molecular complexity index is 1140. The molecule has 0 saturated heterocycles. The molecular formula is C22H21ClN4O2. The molecular weight excluding hydrogens is 388 g/mol. The standard InChI is InChI=1S/C22H21ClN4O2/c1-27-9-8-24-22(27)20(15-10-16(28-2)13-17(11-15)29-3)25-19-12-14-6-4-5-7-18(14)21(23)26-19/h4-13,20H,1-3H3,(H,25,26). The molecule has 4 rings (SSSR count). The number of aromatic nitrogens is 3. The molecule has 0 spiro atoms. The Morgan fingerprint density at radius 1 is 1.03 bits per heavy atom. The van der Waals surface area contributed by atoms with Gasteiger partial charge in [-0.1, -0.05) is 35.9 Å². The second-order valence-corrected chi connectivity index (χ2v) is 7.00. The summed E-state index contributed by atoms with van der Waals surface area (Å²) >= 11 is 6.43. The zero-order valence-corrected chi connectivity index (χ0v) is 17.1. The van der Waals surface area contributed by atoms with Crippen molar-refractivity contribution in [2.45, 2.75) is 6.04 Å². The summed E-state index contributed by atoms with van der Waals surface area (Å²) in [4.78, 5) is 9.09. The fraction of sp³-hybridized carbons (Fsp3) is 0.182. The lowest BCUT2D eigenvalue weighted by molar-refractivity contribution is 0.393.